The van der Waals surface area contributed by atoms with E-state index in [1.807, 2.05) is 0 Å². The molecule has 0 unspecified atom stereocenters. The Hall–Kier alpha value is -0.0403. The lowest BCUT2D eigenvalue weighted by Gasteiger charge is -2.16. The van der Waals surface area contributed by atoms with E-state index in [4.69, 9.17) is 31.4 Å². The van der Waals surface area contributed by atoms with Gasteiger partial charge in [-0.1, -0.05) is 32.4 Å². The molecular formula is C7H3B4Br. The van der Waals surface area contributed by atoms with Crippen LogP contribution < -0.4 is 21.9 Å². The number of hydrogen-bond donors (Lipinski definition) is 0. The van der Waals surface area contributed by atoms with E-state index < -0.39 is 0 Å². The van der Waals surface area contributed by atoms with E-state index in [9.17, 15) is 0 Å². The first-order chi connectivity index (χ1) is 5.46. The molecular weight excluding hydrogens is 207 g/mol. The maximum absolute atomic E-state index is 5.66. The molecule has 0 aliphatic carbocycles. The molecule has 0 N–H and O–H groups in total. The van der Waals surface area contributed by atoms with Crippen LogP contribution in [-0.4, -0.2) is 31.4 Å². The van der Waals surface area contributed by atoms with E-state index in [0.29, 0.717) is 26.3 Å². The second-order valence-electron chi connectivity index (χ2n) is 2.59. The largest absolute Gasteiger partial charge is 0.114 e. The van der Waals surface area contributed by atoms with Crippen molar-refractivity contribution in [2.45, 2.75) is 6.92 Å². The van der Waals surface area contributed by atoms with E-state index in [1.54, 1.807) is 6.92 Å². The molecule has 1 rings (SSSR count). The van der Waals surface area contributed by atoms with Gasteiger partial charge in [-0.05, 0) is 6.92 Å². The molecule has 0 fully saturated rings. The van der Waals surface area contributed by atoms with Crippen LogP contribution in [0.25, 0.3) is 0 Å². The highest BCUT2D eigenvalue weighted by Gasteiger charge is 2.07. The van der Waals surface area contributed by atoms with Crippen molar-refractivity contribution in [3.05, 3.63) is 10.0 Å². The van der Waals surface area contributed by atoms with E-state index in [2.05, 4.69) is 15.9 Å². The topological polar surface area (TPSA) is 0 Å². The summed E-state index contributed by atoms with van der Waals surface area (Å²) in [4.78, 5) is 0. The lowest BCUT2D eigenvalue weighted by Crippen LogP contribution is -2.44. The average molecular weight is 210 g/mol. The summed E-state index contributed by atoms with van der Waals surface area (Å²) in [7, 11) is 22.6. The molecule has 0 aliphatic rings. The normalized spacial score (nSPS) is 10.2. The second kappa shape index (κ2) is 3.37. The van der Waals surface area contributed by atoms with Crippen LogP contribution in [0.3, 0.4) is 0 Å². The van der Waals surface area contributed by atoms with Crippen LogP contribution in [0, 0.1) is 6.92 Å². The number of hydrogen-bond acceptors (Lipinski definition) is 0. The Morgan fingerprint density at radius 2 is 1.17 bits per heavy atom. The molecule has 12 heavy (non-hydrogen) atoms. The summed E-state index contributed by atoms with van der Waals surface area (Å²) >= 11 is 3.20. The first-order valence-corrected chi connectivity index (χ1v) is 4.14. The Bertz CT molecular complexity index is 230. The third kappa shape index (κ3) is 1.39. The Morgan fingerprint density at radius 1 is 0.833 bits per heavy atom. The van der Waals surface area contributed by atoms with Gasteiger partial charge in [0.25, 0.3) is 0 Å². The highest BCUT2D eigenvalue weighted by Crippen LogP contribution is 1.98. The van der Waals surface area contributed by atoms with Gasteiger partial charge >= 0.3 is 0 Å². The fourth-order valence-corrected chi connectivity index (χ4v) is 1.36. The molecule has 0 nitrogen and oxygen atoms in total. The molecule has 1 aromatic rings. The summed E-state index contributed by atoms with van der Waals surface area (Å²) in [5.74, 6) is 0. The zero-order chi connectivity index (χ0) is 9.46. The van der Waals surface area contributed by atoms with Crippen molar-refractivity contribution in [1.29, 1.82) is 0 Å². The molecule has 0 amide bonds. The molecule has 0 saturated heterocycles. The minimum Gasteiger partial charge on any atom is -0.100 e. The fraction of sp³-hybridized carbons (Fsp3) is 0.143. The predicted molar refractivity (Wildman–Crippen MR) is 60.4 cm³/mol. The van der Waals surface area contributed by atoms with Crippen LogP contribution in [-0.2, 0) is 0 Å². The molecule has 0 spiro atoms. The van der Waals surface area contributed by atoms with Gasteiger partial charge in [0, 0.05) is 4.47 Å². The minimum atomic E-state index is 0.444. The van der Waals surface area contributed by atoms with Crippen LogP contribution in [0.2, 0.25) is 0 Å². The van der Waals surface area contributed by atoms with Gasteiger partial charge in [0.2, 0.25) is 0 Å². The first kappa shape index (κ1) is 10.0. The van der Waals surface area contributed by atoms with Crippen molar-refractivity contribution in [2.24, 2.45) is 0 Å². The number of rotatable bonds is 0. The summed E-state index contributed by atoms with van der Waals surface area (Å²) in [6, 6.07) is 0. The average Bonchev–Trinajstić information content (AvgIpc) is 2.08. The van der Waals surface area contributed by atoms with Crippen LogP contribution >= 0.6 is 15.9 Å². The maximum atomic E-state index is 5.66. The van der Waals surface area contributed by atoms with Gasteiger partial charge in [0.05, 0.1) is 0 Å². The van der Waals surface area contributed by atoms with Crippen molar-refractivity contribution in [3.63, 3.8) is 0 Å². The van der Waals surface area contributed by atoms with Crippen molar-refractivity contribution in [1.82, 2.24) is 0 Å². The summed E-state index contributed by atoms with van der Waals surface area (Å²) in [5.41, 5.74) is 2.58. The van der Waals surface area contributed by atoms with Crippen molar-refractivity contribution >= 4 is 69.2 Å². The number of benzene rings is 1. The molecule has 50 valence electrons. The predicted octanol–water partition coefficient (Wildman–Crippen LogP) is -2.07. The fourth-order valence-electron chi connectivity index (χ4n) is 0.931. The second-order valence-corrected chi connectivity index (χ2v) is 3.39. The van der Waals surface area contributed by atoms with Crippen LogP contribution in [0.15, 0.2) is 4.47 Å². The summed E-state index contributed by atoms with van der Waals surface area (Å²) in [6.07, 6.45) is 0. The van der Waals surface area contributed by atoms with Gasteiger partial charge in [-0.2, -0.15) is 0 Å². The van der Waals surface area contributed by atoms with Gasteiger partial charge in [0.1, 0.15) is 31.4 Å². The zero-order valence-corrected chi connectivity index (χ0v) is 8.27. The van der Waals surface area contributed by atoms with Gasteiger partial charge in [-0.15, -0.1) is 10.9 Å². The minimum absolute atomic E-state index is 0.444. The highest BCUT2D eigenvalue weighted by molar-refractivity contribution is 9.10. The molecule has 1 aromatic carbocycles. The Kier molecular flexibility index (Phi) is 2.82. The lowest BCUT2D eigenvalue weighted by molar-refractivity contribution is 1.59. The smallest absolute Gasteiger partial charge is 0.100 e. The molecule has 0 atom stereocenters. The lowest BCUT2D eigenvalue weighted by atomic mass is 9.68. The Morgan fingerprint density at radius 3 is 1.50 bits per heavy atom. The third-order valence-electron chi connectivity index (χ3n) is 1.86. The molecule has 0 saturated carbocycles. The highest BCUT2D eigenvalue weighted by atomic mass is 79.9. The monoisotopic (exact) mass is 210 g/mol. The first-order valence-electron chi connectivity index (χ1n) is 3.34. The summed E-state index contributed by atoms with van der Waals surface area (Å²) in [5, 5.41) is 0. The van der Waals surface area contributed by atoms with Crippen molar-refractivity contribution < 1.29 is 0 Å². The van der Waals surface area contributed by atoms with E-state index in [-0.39, 0.29) is 0 Å². The standard InChI is InChI=1S/C7H3B4Br/c1-2-3(8)5(10)7(12)6(11)4(2)9/h1H3. The van der Waals surface area contributed by atoms with Gasteiger partial charge in [0.15, 0.2) is 0 Å². The quantitative estimate of drug-likeness (QED) is 0.432. The molecule has 8 radical (unpaired) electrons. The Labute approximate surface area is 86.3 Å². The number of halogens is 1. The SMILES string of the molecule is [B]c1c([B])c(Br)c([B])c([B])c1C. The Balaban J connectivity index is 3.60. The van der Waals surface area contributed by atoms with Crippen LogP contribution in [0.5, 0.6) is 0 Å². The molecule has 5 heteroatoms. The van der Waals surface area contributed by atoms with Crippen LogP contribution in [0.4, 0.5) is 0 Å². The molecule has 0 aromatic heterocycles. The van der Waals surface area contributed by atoms with E-state index in [1.165, 1.54) is 0 Å². The van der Waals surface area contributed by atoms with Gasteiger partial charge < -0.3 is 0 Å². The van der Waals surface area contributed by atoms with Gasteiger partial charge in [-0.3, -0.25) is 0 Å². The summed E-state index contributed by atoms with van der Waals surface area (Å²) < 4.78 is 0.572. The third-order valence-corrected chi connectivity index (χ3v) is 2.72. The van der Waals surface area contributed by atoms with Gasteiger partial charge in [-0.25, -0.2) is 0 Å². The zero-order valence-electron chi connectivity index (χ0n) is 6.69. The molecule has 0 aliphatic heterocycles. The maximum Gasteiger partial charge on any atom is 0.114 e. The summed E-state index contributed by atoms with van der Waals surface area (Å²) in [6.45, 7) is 1.78. The van der Waals surface area contributed by atoms with Crippen LogP contribution in [0.1, 0.15) is 5.56 Å². The van der Waals surface area contributed by atoms with Crippen molar-refractivity contribution in [3.8, 4) is 0 Å². The van der Waals surface area contributed by atoms with Crippen molar-refractivity contribution in [2.75, 3.05) is 0 Å². The molecule has 0 heterocycles. The van der Waals surface area contributed by atoms with E-state index >= 15 is 0 Å². The molecule has 0 bridgehead atoms. The van der Waals surface area contributed by atoms with E-state index in [0.717, 1.165) is 5.56 Å².